The van der Waals surface area contributed by atoms with Gasteiger partial charge in [0.1, 0.15) is 5.75 Å². The lowest BCUT2D eigenvalue weighted by Crippen LogP contribution is -2.32. The van der Waals surface area contributed by atoms with Gasteiger partial charge in [0.2, 0.25) is 10.0 Å². The number of aromatic hydroxyl groups is 1. The van der Waals surface area contributed by atoms with Gasteiger partial charge < -0.3 is 10.4 Å². The van der Waals surface area contributed by atoms with Crippen LogP contribution in [0, 0.1) is 0 Å². The van der Waals surface area contributed by atoms with Crippen molar-refractivity contribution in [2.45, 2.75) is 19.9 Å². The first-order chi connectivity index (χ1) is 8.46. The second kappa shape index (κ2) is 6.72. The minimum Gasteiger partial charge on any atom is -0.508 e. The molecular formula is C12H20N2O3S. The van der Waals surface area contributed by atoms with E-state index in [0.717, 1.165) is 5.56 Å². The van der Waals surface area contributed by atoms with Gasteiger partial charge in [-0.3, -0.25) is 0 Å². The number of para-hydroxylation sites is 1. The van der Waals surface area contributed by atoms with Gasteiger partial charge in [0, 0.05) is 24.7 Å². The van der Waals surface area contributed by atoms with Crippen LogP contribution in [0.15, 0.2) is 24.3 Å². The maximum absolute atomic E-state index is 11.4. The summed E-state index contributed by atoms with van der Waals surface area (Å²) in [5.41, 5.74) is 0.762. The molecule has 3 N–H and O–H groups in total. The predicted octanol–water partition coefficient (Wildman–Crippen LogP) is 0.982. The highest BCUT2D eigenvalue weighted by atomic mass is 32.2. The Hall–Kier alpha value is -1.11. The fraction of sp³-hybridized carbons (Fsp3) is 0.500. The first-order valence-electron chi connectivity index (χ1n) is 5.95. The molecule has 0 radical (unpaired) electrons. The summed E-state index contributed by atoms with van der Waals surface area (Å²) < 4.78 is 25.3. The summed E-state index contributed by atoms with van der Waals surface area (Å²) in [5, 5.41) is 12.7. The summed E-state index contributed by atoms with van der Waals surface area (Å²) in [7, 11) is -3.19. The van der Waals surface area contributed by atoms with E-state index in [0.29, 0.717) is 13.1 Å². The Kier molecular flexibility index (Phi) is 5.58. The highest BCUT2D eigenvalue weighted by Crippen LogP contribution is 2.22. The van der Waals surface area contributed by atoms with Crippen LogP contribution >= 0.6 is 0 Å². The molecule has 1 aromatic rings. The molecule has 0 fully saturated rings. The van der Waals surface area contributed by atoms with Crippen molar-refractivity contribution < 1.29 is 13.5 Å². The zero-order valence-electron chi connectivity index (χ0n) is 10.7. The third kappa shape index (κ3) is 4.64. The van der Waals surface area contributed by atoms with Crippen molar-refractivity contribution in [3.63, 3.8) is 0 Å². The van der Waals surface area contributed by atoms with Gasteiger partial charge in [0.05, 0.1) is 5.75 Å². The van der Waals surface area contributed by atoms with Crippen LogP contribution in [0.4, 0.5) is 0 Å². The Labute approximate surface area is 108 Å². The lowest BCUT2D eigenvalue weighted by molar-refractivity contribution is 0.454. The molecule has 102 valence electrons. The van der Waals surface area contributed by atoms with Crippen molar-refractivity contribution in [3.05, 3.63) is 29.8 Å². The maximum Gasteiger partial charge on any atom is 0.212 e. The summed E-state index contributed by atoms with van der Waals surface area (Å²) in [6.45, 7) is 4.37. The Morgan fingerprint density at radius 2 is 2.00 bits per heavy atom. The Balaban J connectivity index is 2.48. The molecule has 1 rings (SSSR count). The van der Waals surface area contributed by atoms with E-state index in [9.17, 15) is 13.5 Å². The number of nitrogens with one attached hydrogen (secondary N) is 2. The van der Waals surface area contributed by atoms with E-state index in [1.807, 2.05) is 19.1 Å². The lowest BCUT2D eigenvalue weighted by Gasteiger charge is -2.15. The lowest BCUT2D eigenvalue weighted by atomic mass is 10.1. The van der Waals surface area contributed by atoms with Gasteiger partial charge >= 0.3 is 0 Å². The van der Waals surface area contributed by atoms with Crippen molar-refractivity contribution in [3.8, 4) is 5.75 Å². The van der Waals surface area contributed by atoms with E-state index in [1.165, 1.54) is 0 Å². The number of rotatable bonds is 7. The van der Waals surface area contributed by atoms with Gasteiger partial charge in [-0.2, -0.15) is 0 Å². The highest BCUT2D eigenvalue weighted by Gasteiger charge is 2.12. The molecule has 0 aliphatic carbocycles. The molecule has 6 heteroatoms. The minimum atomic E-state index is -3.19. The molecule has 0 saturated carbocycles. The van der Waals surface area contributed by atoms with Crippen LogP contribution in [-0.4, -0.2) is 32.4 Å². The standard InChI is InChI=1S/C12H20N2O3S/c1-3-14-18(16,17)9-8-13-10(2)11-6-4-5-7-12(11)15/h4-7,10,13-15H,3,8-9H2,1-2H3. The number of phenols is 1. The SMILES string of the molecule is CCNS(=O)(=O)CCNC(C)c1ccccc1O. The van der Waals surface area contributed by atoms with E-state index in [2.05, 4.69) is 10.0 Å². The van der Waals surface area contributed by atoms with Gasteiger partial charge in [-0.1, -0.05) is 25.1 Å². The summed E-state index contributed by atoms with van der Waals surface area (Å²) in [6.07, 6.45) is 0. The molecule has 18 heavy (non-hydrogen) atoms. The van der Waals surface area contributed by atoms with Crippen LogP contribution in [0.3, 0.4) is 0 Å². The average molecular weight is 272 g/mol. The third-order valence-corrected chi connectivity index (χ3v) is 4.06. The van der Waals surface area contributed by atoms with Gasteiger partial charge in [-0.25, -0.2) is 13.1 Å². The topological polar surface area (TPSA) is 78.4 Å². The Morgan fingerprint density at radius 1 is 1.33 bits per heavy atom. The minimum absolute atomic E-state index is 0.0266. The van der Waals surface area contributed by atoms with Crippen LogP contribution in [0.1, 0.15) is 25.5 Å². The molecule has 0 spiro atoms. The molecule has 5 nitrogen and oxygen atoms in total. The van der Waals surface area contributed by atoms with Gasteiger partial charge in [-0.05, 0) is 13.0 Å². The summed E-state index contributed by atoms with van der Waals surface area (Å²) >= 11 is 0. The summed E-state index contributed by atoms with van der Waals surface area (Å²) in [4.78, 5) is 0. The number of hydrogen-bond donors (Lipinski definition) is 3. The first kappa shape index (κ1) is 14.9. The number of hydrogen-bond acceptors (Lipinski definition) is 4. The van der Waals surface area contributed by atoms with Crippen LogP contribution in [0.5, 0.6) is 5.75 Å². The molecule has 0 amide bonds. The van der Waals surface area contributed by atoms with E-state index in [4.69, 9.17) is 0 Å². The molecule has 1 aromatic carbocycles. The fourth-order valence-electron chi connectivity index (χ4n) is 1.67. The van der Waals surface area contributed by atoms with Crippen LogP contribution < -0.4 is 10.0 Å². The van der Waals surface area contributed by atoms with Crippen LogP contribution in [-0.2, 0) is 10.0 Å². The van der Waals surface area contributed by atoms with Crippen molar-refractivity contribution >= 4 is 10.0 Å². The van der Waals surface area contributed by atoms with E-state index in [-0.39, 0.29) is 17.5 Å². The van der Waals surface area contributed by atoms with Crippen LogP contribution in [0.25, 0.3) is 0 Å². The summed E-state index contributed by atoms with van der Waals surface area (Å²) in [6, 6.07) is 6.92. The second-order valence-electron chi connectivity index (χ2n) is 4.05. The van der Waals surface area contributed by atoms with E-state index >= 15 is 0 Å². The average Bonchev–Trinajstić information content (AvgIpc) is 2.29. The molecule has 0 aliphatic heterocycles. The smallest absolute Gasteiger partial charge is 0.212 e. The van der Waals surface area contributed by atoms with Crippen molar-refractivity contribution in [1.82, 2.24) is 10.0 Å². The quantitative estimate of drug-likeness (QED) is 0.691. The molecule has 0 aliphatic rings. The van der Waals surface area contributed by atoms with E-state index < -0.39 is 10.0 Å². The molecule has 1 atom stereocenters. The van der Waals surface area contributed by atoms with E-state index in [1.54, 1.807) is 19.1 Å². The molecular weight excluding hydrogens is 252 g/mol. The molecule has 0 saturated heterocycles. The molecule has 0 aromatic heterocycles. The largest absolute Gasteiger partial charge is 0.508 e. The van der Waals surface area contributed by atoms with Crippen molar-refractivity contribution in [2.24, 2.45) is 0 Å². The normalized spacial score (nSPS) is 13.4. The zero-order valence-corrected chi connectivity index (χ0v) is 11.5. The Morgan fingerprint density at radius 3 is 2.61 bits per heavy atom. The Bertz CT molecular complexity index is 474. The van der Waals surface area contributed by atoms with Crippen LogP contribution in [0.2, 0.25) is 0 Å². The van der Waals surface area contributed by atoms with Gasteiger partial charge in [0.15, 0.2) is 0 Å². The third-order valence-electron chi connectivity index (χ3n) is 2.59. The number of benzene rings is 1. The van der Waals surface area contributed by atoms with Crippen molar-refractivity contribution in [2.75, 3.05) is 18.8 Å². The fourth-order valence-corrected chi connectivity index (χ4v) is 2.64. The monoisotopic (exact) mass is 272 g/mol. The zero-order chi connectivity index (χ0) is 13.6. The number of phenolic OH excluding ortho intramolecular Hbond substituents is 1. The maximum atomic E-state index is 11.4. The van der Waals surface area contributed by atoms with Crippen molar-refractivity contribution in [1.29, 1.82) is 0 Å². The highest BCUT2D eigenvalue weighted by molar-refractivity contribution is 7.89. The van der Waals surface area contributed by atoms with Gasteiger partial charge in [-0.15, -0.1) is 0 Å². The number of sulfonamides is 1. The van der Waals surface area contributed by atoms with Gasteiger partial charge in [0.25, 0.3) is 0 Å². The second-order valence-corrected chi connectivity index (χ2v) is 5.98. The molecule has 0 heterocycles. The molecule has 1 unspecified atom stereocenters. The first-order valence-corrected chi connectivity index (χ1v) is 7.60. The molecule has 0 bridgehead atoms. The summed E-state index contributed by atoms with van der Waals surface area (Å²) in [5.74, 6) is 0.241. The predicted molar refractivity (Wildman–Crippen MR) is 72.0 cm³/mol.